The molecule has 2 aliphatic rings. The van der Waals surface area contributed by atoms with Crippen LogP contribution in [-0.4, -0.2) is 73.2 Å². The van der Waals surface area contributed by atoms with Gasteiger partial charge in [0.05, 0.1) is 24.3 Å². The van der Waals surface area contributed by atoms with Crippen LogP contribution in [-0.2, 0) is 11.2 Å². The molecule has 2 aliphatic heterocycles. The number of carbonyl (C=O) groups is 1. The highest BCUT2D eigenvalue weighted by molar-refractivity contribution is 5.97. The summed E-state index contributed by atoms with van der Waals surface area (Å²) in [6, 6.07) is 18.4. The first-order valence-electron chi connectivity index (χ1n) is 12.9. The second-order valence-electron chi connectivity index (χ2n) is 9.62. The molecule has 0 spiro atoms. The average Bonchev–Trinajstić information content (AvgIpc) is 3.15. The van der Waals surface area contributed by atoms with E-state index in [1.807, 2.05) is 41.4 Å². The first kappa shape index (κ1) is 23.8. The van der Waals surface area contributed by atoms with Crippen LogP contribution in [0.3, 0.4) is 0 Å². The summed E-state index contributed by atoms with van der Waals surface area (Å²) in [6.07, 6.45) is 6.09. The second kappa shape index (κ2) is 11.6. The number of fused-ring (bicyclic) bond motifs is 1. The molecule has 3 aromatic rings. The van der Waals surface area contributed by atoms with Gasteiger partial charge < -0.3 is 14.4 Å². The maximum Gasteiger partial charge on any atom is 0.257 e. The van der Waals surface area contributed by atoms with E-state index in [1.54, 1.807) is 0 Å². The molecule has 1 unspecified atom stereocenters. The average molecular weight is 474 g/mol. The molecule has 0 saturated carbocycles. The molecular formula is C29H35N3O3. The summed E-state index contributed by atoms with van der Waals surface area (Å²) in [7, 11) is 0. The van der Waals surface area contributed by atoms with Gasteiger partial charge in [-0.3, -0.25) is 14.7 Å². The highest BCUT2D eigenvalue weighted by atomic mass is 16.5. The first-order chi connectivity index (χ1) is 17.3. The van der Waals surface area contributed by atoms with Crippen LogP contribution in [0, 0.1) is 5.92 Å². The molecule has 6 nitrogen and oxygen atoms in total. The Hall–Kier alpha value is -2.96. The monoisotopic (exact) mass is 473 g/mol. The van der Waals surface area contributed by atoms with Gasteiger partial charge in [0.1, 0.15) is 12.4 Å². The molecule has 0 radical (unpaired) electrons. The number of benzene rings is 2. The van der Waals surface area contributed by atoms with Crippen LogP contribution < -0.4 is 4.74 Å². The van der Waals surface area contributed by atoms with E-state index in [0.717, 1.165) is 77.1 Å². The van der Waals surface area contributed by atoms with Gasteiger partial charge in [0.15, 0.2) is 0 Å². The molecule has 184 valence electrons. The number of nitrogens with zero attached hydrogens (tertiary/aromatic N) is 3. The fraction of sp³-hybridized carbons (Fsp3) is 0.448. The first-order valence-corrected chi connectivity index (χ1v) is 12.9. The van der Waals surface area contributed by atoms with Gasteiger partial charge in [-0.2, -0.15) is 0 Å². The van der Waals surface area contributed by atoms with Crippen LogP contribution in [0.4, 0.5) is 0 Å². The molecule has 5 rings (SSSR count). The van der Waals surface area contributed by atoms with Gasteiger partial charge in [-0.05, 0) is 67.5 Å². The molecule has 35 heavy (non-hydrogen) atoms. The molecule has 2 saturated heterocycles. The smallest absolute Gasteiger partial charge is 0.257 e. The molecule has 3 heterocycles. The number of para-hydroxylation sites is 1. The van der Waals surface area contributed by atoms with Crippen molar-refractivity contribution in [2.24, 2.45) is 5.92 Å². The summed E-state index contributed by atoms with van der Waals surface area (Å²) in [5.74, 6) is 1.36. The maximum absolute atomic E-state index is 13.5. The third kappa shape index (κ3) is 6.19. The number of hydrogen-bond acceptors (Lipinski definition) is 5. The normalized spacial score (nSPS) is 19.4. The molecule has 2 aromatic carbocycles. The van der Waals surface area contributed by atoms with Gasteiger partial charge in [-0.1, -0.05) is 24.3 Å². The Morgan fingerprint density at radius 1 is 1.00 bits per heavy atom. The predicted molar refractivity (Wildman–Crippen MR) is 138 cm³/mol. The van der Waals surface area contributed by atoms with Crippen molar-refractivity contribution in [2.45, 2.75) is 25.7 Å². The third-order valence-corrected chi connectivity index (χ3v) is 7.21. The Kier molecular flexibility index (Phi) is 7.91. The Bertz CT molecular complexity index is 1130. The minimum Gasteiger partial charge on any atom is -0.491 e. The lowest BCUT2D eigenvalue weighted by molar-refractivity contribution is 0.0321. The number of morpholine rings is 1. The predicted octanol–water partition coefficient (Wildman–Crippen LogP) is 4.43. The van der Waals surface area contributed by atoms with E-state index in [2.05, 4.69) is 34.1 Å². The number of pyridine rings is 1. The van der Waals surface area contributed by atoms with E-state index < -0.39 is 0 Å². The van der Waals surface area contributed by atoms with Crippen molar-refractivity contribution < 1.29 is 14.3 Å². The molecular weight excluding hydrogens is 438 g/mol. The summed E-state index contributed by atoms with van der Waals surface area (Å²) >= 11 is 0. The quantitative estimate of drug-likeness (QED) is 0.508. The SMILES string of the molecule is O=C(c1ccccc1OCCN1CCOCC1)N1CCCC(Cc2ccc3ncccc3c2)CC1. The molecule has 2 fully saturated rings. The number of ether oxygens (including phenoxy) is 2. The lowest BCUT2D eigenvalue weighted by Crippen LogP contribution is -2.38. The highest BCUT2D eigenvalue weighted by Gasteiger charge is 2.24. The van der Waals surface area contributed by atoms with Crippen molar-refractivity contribution in [2.75, 3.05) is 52.5 Å². The van der Waals surface area contributed by atoms with Gasteiger partial charge in [0, 0.05) is 44.3 Å². The number of amides is 1. The van der Waals surface area contributed by atoms with Crippen molar-refractivity contribution in [1.82, 2.24) is 14.8 Å². The van der Waals surface area contributed by atoms with Gasteiger partial charge in [0.2, 0.25) is 0 Å². The molecule has 1 aromatic heterocycles. The van der Waals surface area contributed by atoms with Gasteiger partial charge in [-0.25, -0.2) is 0 Å². The fourth-order valence-corrected chi connectivity index (χ4v) is 5.21. The van der Waals surface area contributed by atoms with Gasteiger partial charge in [-0.15, -0.1) is 0 Å². The summed E-state index contributed by atoms with van der Waals surface area (Å²) < 4.78 is 11.5. The Labute approximate surface area is 207 Å². The van der Waals surface area contributed by atoms with Crippen LogP contribution in [0.1, 0.15) is 35.2 Å². The number of carbonyl (C=O) groups excluding carboxylic acids is 1. The highest BCUT2D eigenvalue weighted by Crippen LogP contribution is 2.26. The second-order valence-corrected chi connectivity index (χ2v) is 9.62. The third-order valence-electron chi connectivity index (χ3n) is 7.21. The molecule has 1 amide bonds. The van der Waals surface area contributed by atoms with E-state index in [4.69, 9.17) is 9.47 Å². The summed E-state index contributed by atoms with van der Waals surface area (Å²) in [5, 5.41) is 1.20. The molecule has 0 bridgehead atoms. The minimum absolute atomic E-state index is 0.0874. The zero-order valence-electron chi connectivity index (χ0n) is 20.4. The van der Waals surface area contributed by atoms with Crippen LogP contribution >= 0.6 is 0 Å². The molecule has 0 N–H and O–H groups in total. The Morgan fingerprint density at radius 2 is 1.89 bits per heavy atom. The number of hydrogen-bond donors (Lipinski definition) is 0. The summed E-state index contributed by atoms with van der Waals surface area (Å²) in [5.41, 5.74) is 3.07. The van der Waals surface area contributed by atoms with Crippen molar-refractivity contribution in [1.29, 1.82) is 0 Å². The van der Waals surface area contributed by atoms with E-state index in [9.17, 15) is 4.79 Å². The van der Waals surface area contributed by atoms with Crippen molar-refractivity contribution in [3.05, 3.63) is 71.9 Å². The maximum atomic E-state index is 13.5. The Morgan fingerprint density at radius 3 is 2.80 bits per heavy atom. The van der Waals surface area contributed by atoms with E-state index in [0.29, 0.717) is 23.8 Å². The van der Waals surface area contributed by atoms with Crippen LogP contribution in [0.5, 0.6) is 5.75 Å². The van der Waals surface area contributed by atoms with Crippen molar-refractivity contribution in [3.63, 3.8) is 0 Å². The topological polar surface area (TPSA) is 54.9 Å². The standard InChI is InChI=1S/C29H35N3O3/c33-29(26-7-1-2-8-28(26)35-20-17-31-15-18-34-19-16-31)32-13-4-5-23(11-14-32)21-24-9-10-27-25(22-24)6-3-12-30-27/h1-3,6-10,12,22-23H,4-5,11,13-21H2. The number of aromatic nitrogens is 1. The van der Waals surface area contributed by atoms with E-state index in [-0.39, 0.29) is 5.91 Å². The summed E-state index contributed by atoms with van der Waals surface area (Å²) in [6.45, 7) is 6.46. The Balaban J connectivity index is 1.17. The molecule has 6 heteroatoms. The number of rotatable bonds is 7. The van der Waals surface area contributed by atoms with Crippen molar-refractivity contribution in [3.8, 4) is 5.75 Å². The zero-order valence-corrected chi connectivity index (χ0v) is 20.4. The van der Waals surface area contributed by atoms with Crippen LogP contribution in [0.15, 0.2) is 60.8 Å². The minimum atomic E-state index is 0.0874. The van der Waals surface area contributed by atoms with Gasteiger partial charge in [0.25, 0.3) is 5.91 Å². The fourth-order valence-electron chi connectivity index (χ4n) is 5.21. The van der Waals surface area contributed by atoms with E-state index in [1.165, 1.54) is 10.9 Å². The molecule has 0 aliphatic carbocycles. The van der Waals surface area contributed by atoms with Gasteiger partial charge >= 0.3 is 0 Å². The van der Waals surface area contributed by atoms with E-state index >= 15 is 0 Å². The van der Waals surface area contributed by atoms with Crippen LogP contribution in [0.2, 0.25) is 0 Å². The van der Waals surface area contributed by atoms with Crippen molar-refractivity contribution >= 4 is 16.8 Å². The largest absolute Gasteiger partial charge is 0.491 e. The lowest BCUT2D eigenvalue weighted by Gasteiger charge is -2.26. The van der Waals surface area contributed by atoms with Crippen LogP contribution in [0.25, 0.3) is 10.9 Å². The zero-order chi connectivity index (χ0) is 23.9. The summed E-state index contributed by atoms with van der Waals surface area (Å²) in [4.78, 5) is 22.3. The molecule has 1 atom stereocenters. The number of likely N-dealkylation sites (tertiary alicyclic amines) is 1. The lowest BCUT2D eigenvalue weighted by atomic mass is 9.92.